The maximum atomic E-state index is 14.7. The number of ether oxygens (including phenoxy) is 2. The summed E-state index contributed by atoms with van der Waals surface area (Å²) in [6.07, 6.45) is 6.69. The summed E-state index contributed by atoms with van der Waals surface area (Å²) in [7, 11) is 1.29. The van der Waals surface area contributed by atoms with E-state index in [1.807, 2.05) is 0 Å². The van der Waals surface area contributed by atoms with Gasteiger partial charge in [0.25, 0.3) is 0 Å². The lowest BCUT2D eigenvalue weighted by atomic mass is 9.94. The Bertz CT molecular complexity index is 1120. The van der Waals surface area contributed by atoms with Gasteiger partial charge in [0.15, 0.2) is 11.6 Å². The molecule has 1 aromatic heterocycles. The molecule has 9 heteroatoms. The summed E-state index contributed by atoms with van der Waals surface area (Å²) in [6, 6.07) is 5.62. The van der Waals surface area contributed by atoms with Gasteiger partial charge in [-0.15, -0.1) is 0 Å². The average molecular weight is 548 g/mol. The van der Waals surface area contributed by atoms with E-state index in [9.17, 15) is 18.7 Å². The fourth-order valence-corrected chi connectivity index (χ4v) is 5.33. The van der Waals surface area contributed by atoms with Crippen LogP contribution >= 0.6 is 0 Å². The number of alkyl halides is 1. The molecule has 0 radical (unpaired) electrons. The number of benzene rings is 1. The molecule has 0 aliphatic carbocycles. The minimum absolute atomic E-state index is 0. The SMILES string of the molecule is C.COc1c(F)cc(C(C)(C)F)cc1C(C(=O)O)N1CCC(OCCCCCc2ccc3c(n2)NCCC3)C1. The Morgan fingerprint density at radius 1 is 1.28 bits per heavy atom. The summed E-state index contributed by atoms with van der Waals surface area (Å²) in [5.74, 6) is -1.05. The third-order valence-corrected chi connectivity index (χ3v) is 7.42. The molecule has 2 aromatic rings. The fourth-order valence-electron chi connectivity index (χ4n) is 5.33. The van der Waals surface area contributed by atoms with Crippen LogP contribution < -0.4 is 10.1 Å². The van der Waals surface area contributed by atoms with Crippen molar-refractivity contribution < 1.29 is 28.2 Å². The summed E-state index contributed by atoms with van der Waals surface area (Å²) in [5, 5.41) is 13.4. The van der Waals surface area contributed by atoms with Crippen LogP contribution in [0.1, 0.15) is 81.8 Å². The highest BCUT2D eigenvalue weighted by Crippen LogP contribution is 2.38. The van der Waals surface area contributed by atoms with E-state index in [0.29, 0.717) is 26.1 Å². The van der Waals surface area contributed by atoms with E-state index in [-0.39, 0.29) is 30.4 Å². The first-order valence-electron chi connectivity index (χ1n) is 13.6. The molecule has 2 atom stereocenters. The molecule has 39 heavy (non-hydrogen) atoms. The van der Waals surface area contributed by atoms with Crippen LogP contribution in [-0.4, -0.2) is 60.4 Å². The number of aryl methyl sites for hydroxylation is 2. The quantitative estimate of drug-likeness (QED) is 0.313. The Morgan fingerprint density at radius 2 is 2.08 bits per heavy atom. The summed E-state index contributed by atoms with van der Waals surface area (Å²) >= 11 is 0. The summed E-state index contributed by atoms with van der Waals surface area (Å²) in [6.45, 7) is 5.09. The van der Waals surface area contributed by atoms with Crippen LogP contribution in [0.25, 0.3) is 0 Å². The lowest BCUT2D eigenvalue weighted by molar-refractivity contribution is -0.143. The van der Waals surface area contributed by atoms with E-state index in [1.165, 1.54) is 32.6 Å². The smallest absolute Gasteiger partial charge is 0.325 e. The van der Waals surface area contributed by atoms with Crippen molar-refractivity contribution in [2.24, 2.45) is 0 Å². The third-order valence-electron chi connectivity index (χ3n) is 7.42. The van der Waals surface area contributed by atoms with Crippen LogP contribution in [-0.2, 0) is 28.0 Å². The van der Waals surface area contributed by atoms with E-state index in [0.717, 1.165) is 62.6 Å². The zero-order valence-electron chi connectivity index (χ0n) is 22.6. The number of methoxy groups -OCH3 is 1. The van der Waals surface area contributed by atoms with Crippen molar-refractivity contribution in [1.82, 2.24) is 9.88 Å². The Balaban J connectivity index is 0.00000420. The van der Waals surface area contributed by atoms with Gasteiger partial charge in [-0.25, -0.2) is 13.8 Å². The number of carbonyl (C=O) groups is 1. The molecule has 3 heterocycles. The van der Waals surface area contributed by atoms with Gasteiger partial charge in [0.05, 0.1) is 13.2 Å². The number of aromatic nitrogens is 1. The van der Waals surface area contributed by atoms with Gasteiger partial charge in [0, 0.05) is 37.5 Å². The molecule has 216 valence electrons. The zero-order valence-corrected chi connectivity index (χ0v) is 22.6. The number of halogens is 2. The van der Waals surface area contributed by atoms with Crippen molar-refractivity contribution in [3.05, 3.63) is 52.5 Å². The molecule has 1 fully saturated rings. The Hall–Kier alpha value is -2.78. The van der Waals surface area contributed by atoms with Gasteiger partial charge < -0.3 is 19.9 Å². The number of likely N-dealkylation sites (tertiary alicyclic amines) is 1. The monoisotopic (exact) mass is 547 g/mol. The minimum atomic E-state index is -1.82. The van der Waals surface area contributed by atoms with E-state index in [1.54, 1.807) is 4.90 Å². The lowest BCUT2D eigenvalue weighted by Gasteiger charge is -2.27. The number of carboxylic acids is 1. The second-order valence-corrected chi connectivity index (χ2v) is 10.7. The summed E-state index contributed by atoms with van der Waals surface area (Å²) < 4.78 is 40.6. The number of hydrogen-bond donors (Lipinski definition) is 2. The standard InChI is InChI=1S/C29H39F2N3O4.CH4/c1-29(2,31)20-16-23(26(37-3)24(30)17-20)25(28(35)36)34-14-12-22(18-34)38-15-6-4-5-9-21-11-10-19-8-7-13-32-27(19)33-21;/h10-11,16-17,22,25H,4-9,12-15,18H2,1-3H3,(H,32,33)(H,35,36);1H4. The normalized spacial score (nSPS) is 18.1. The van der Waals surface area contributed by atoms with Crippen LogP contribution in [0.5, 0.6) is 5.75 Å². The molecule has 1 saturated heterocycles. The van der Waals surface area contributed by atoms with Crippen molar-refractivity contribution in [1.29, 1.82) is 0 Å². The number of fused-ring (bicyclic) bond motifs is 1. The third kappa shape index (κ3) is 7.66. The molecule has 0 amide bonds. The number of hydrogen-bond acceptors (Lipinski definition) is 6. The predicted octanol–water partition coefficient (Wildman–Crippen LogP) is 6.06. The number of aliphatic carboxylic acids is 1. The summed E-state index contributed by atoms with van der Waals surface area (Å²) in [5.41, 5.74) is 0.774. The highest BCUT2D eigenvalue weighted by Gasteiger charge is 2.37. The van der Waals surface area contributed by atoms with Gasteiger partial charge in [0.2, 0.25) is 0 Å². The number of anilines is 1. The van der Waals surface area contributed by atoms with Crippen LogP contribution in [0.2, 0.25) is 0 Å². The topological polar surface area (TPSA) is 83.9 Å². The molecule has 2 aliphatic heterocycles. The molecular weight excluding hydrogens is 504 g/mol. The Morgan fingerprint density at radius 3 is 2.79 bits per heavy atom. The fraction of sp³-hybridized carbons (Fsp3) is 0.600. The van der Waals surface area contributed by atoms with E-state index in [4.69, 9.17) is 14.5 Å². The zero-order chi connectivity index (χ0) is 27.3. The molecule has 4 rings (SSSR count). The van der Waals surface area contributed by atoms with E-state index < -0.39 is 23.5 Å². The maximum Gasteiger partial charge on any atom is 0.325 e. The minimum Gasteiger partial charge on any atom is -0.493 e. The number of nitrogens with one attached hydrogen (secondary N) is 1. The molecule has 0 bridgehead atoms. The van der Waals surface area contributed by atoms with Crippen molar-refractivity contribution in [3.63, 3.8) is 0 Å². The molecule has 2 N–H and O–H groups in total. The molecular formula is C30H43F2N3O4. The van der Waals surface area contributed by atoms with Gasteiger partial charge >= 0.3 is 5.97 Å². The Kier molecular flexibility index (Phi) is 10.7. The Labute approximate surface area is 230 Å². The first-order chi connectivity index (χ1) is 18.2. The first kappa shape index (κ1) is 30.8. The van der Waals surface area contributed by atoms with Crippen LogP contribution in [0.3, 0.4) is 0 Å². The molecule has 0 spiro atoms. The highest BCUT2D eigenvalue weighted by atomic mass is 19.1. The predicted molar refractivity (Wildman–Crippen MR) is 149 cm³/mol. The lowest BCUT2D eigenvalue weighted by Crippen LogP contribution is -2.34. The van der Waals surface area contributed by atoms with Gasteiger partial charge in [-0.05, 0) is 81.7 Å². The van der Waals surface area contributed by atoms with Gasteiger partial charge in [-0.1, -0.05) is 19.9 Å². The molecule has 7 nitrogen and oxygen atoms in total. The average Bonchev–Trinajstić information content (AvgIpc) is 3.33. The van der Waals surface area contributed by atoms with Crippen molar-refractivity contribution in [2.75, 3.05) is 38.7 Å². The first-order valence-corrected chi connectivity index (χ1v) is 13.6. The summed E-state index contributed by atoms with van der Waals surface area (Å²) in [4.78, 5) is 18.8. The number of pyridine rings is 1. The molecule has 2 unspecified atom stereocenters. The van der Waals surface area contributed by atoms with Crippen molar-refractivity contribution >= 4 is 11.8 Å². The number of carboxylic acid groups (broad SMARTS) is 1. The van der Waals surface area contributed by atoms with Crippen molar-refractivity contribution in [2.45, 2.75) is 84.0 Å². The van der Waals surface area contributed by atoms with Crippen LogP contribution in [0.4, 0.5) is 14.6 Å². The highest BCUT2D eigenvalue weighted by molar-refractivity contribution is 5.77. The van der Waals surface area contributed by atoms with Crippen LogP contribution in [0.15, 0.2) is 24.3 Å². The van der Waals surface area contributed by atoms with Crippen LogP contribution in [0, 0.1) is 5.82 Å². The number of nitrogens with zero attached hydrogens (tertiary/aromatic N) is 2. The number of unbranched alkanes of at least 4 members (excludes halogenated alkanes) is 2. The van der Waals surface area contributed by atoms with Gasteiger partial charge in [-0.2, -0.15) is 0 Å². The van der Waals surface area contributed by atoms with Gasteiger partial charge in [-0.3, -0.25) is 9.69 Å². The molecule has 1 aromatic carbocycles. The van der Waals surface area contributed by atoms with E-state index in [2.05, 4.69) is 17.4 Å². The molecule has 0 saturated carbocycles. The number of rotatable bonds is 12. The second kappa shape index (κ2) is 13.5. The van der Waals surface area contributed by atoms with Crippen molar-refractivity contribution in [3.8, 4) is 5.75 Å². The maximum absolute atomic E-state index is 14.7. The second-order valence-electron chi connectivity index (χ2n) is 10.7. The van der Waals surface area contributed by atoms with E-state index >= 15 is 0 Å². The largest absolute Gasteiger partial charge is 0.493 e. The van der Waals surface area contributed by atoms with Gasteiger partial charge in [0.1, 0.15) is 17.5 Å². The molecule has 2 aliphatic rings.